The number of amides is 1. The summed E-state index contributed by atoms with van der Waals surface area (Å²) in [4.78, 5) is 27.1. The van der Waals surface area contributed by atoms with Gasteiger partial charge in [-0.05, 0) is 30.4 Å². The number of hydrogen-bond donors (Lipinski definition) is 0. The second-order valence-electron chi connectivity index (χ2n) is 6.70. The molecule has 0 aromatic heterocycles. The molecule has 2 aromatic rings. The second kappa shape index (κ2) is 10.3. The van der Waals surface area contributed by atoms with Crippen LogP contribution in [0.4, 0.5) is 4.79 Å². The minimum atomic E-state index is -0.638. The Bertz CT molecular complexity index is 769. The third-order valence-corrected chi connectivity index (χ3v) is 5.35. The van der Waals surface area contributed by atoms with Crippen molar-refractivity contribution in [3.05, 3.63) is 71.8 Å². The van der Waals surface area contributed by atoms with Crippen molar-refractivity contribution in [1.82, 2.24) is 4.90 Å². The first-order valence-corrected chi connectivity index (χ1v) is 10.6. The summed E-state index contributed by atoms with van der Waals surface area (Å²) in [6.45, 7) is 0.305. The summed E-state index contributed by atoms with van der Waals surface area (Å²) in [5, 5.41) is 0.856. The first-order chi connectivity index (χ1) is 13.7. The molecule has 5 nitrogen and oxygen atoms in total. The Morgan fingerprint density at radius 3 is 2.43 bits per heavy atom. The van der Waals surface area contributed by atoms with Crippen LogP contribution in [0.15, 0.2) is 60.7 Å². The van der Waals surface area contributed by atoms with E-state index in [-0.39, 0.29) is 25.2 Å². The van der Waals surface area contributed by atoms with E-state index in [1.807, 2.05) is 60.7 Å². The smallest absolute Gasteiger partial charge is 0.411 e. The number of halogens is 1. The summed E-state index contributed by atoms with van der Waals surface area (Å²) in [5.74, 6) is -0.363. The Hall–Kier alpha value is -2.34. The molecule has 6 heteroatoms. The van der Waals surface area contributed by atoms with Gasteiger partial charge in [-0.1, -0.05) is 76.6 Å². The van der Waals surface area contributed by atoms with Gasteiger partial charge in [-0.3, -0.25) is 4.90 Å². The number of nitrogens with zero attached hydrogens (tertiary/aromatic N) is 1. The molecule has 2 aromatic carbocycles. The lowest BCUT2D eigenvalue weighted by Crippen LogP contribution is -2.53. The average Bonchev–Trinajstić information content (AvgIpc) is 2.74. The van der Waals surface area contributed by atoms with Gasteiger partial charge in [0.05, 0.1) is 6.04 Å². The summed E-state index contributed by atoms with van der Waals surface area (Å²) < 4.78 is 11.0. The summed E-state index contributed by atoms with van der Waals surface area (Å²) in [6.07, 6.45) is 1.80. The highest BCUT2D eigenvalue weighted by molar-refractivity contribution is 9.09. The molecule has 0 bridgehead atoms. The zero-order valence-electron chi connectivity index (χ0n) is 15.6. The third-order valence-electron chi connectivity index (χ3n) is 4.79. The molecule has 1 heterocycles. The first-order valence-electron chi connectivity index (χ1n) is 9.47. The van der Waals surface area contributed by atoms with Crippen molar-refractivity contribution in [3.63, 3.8) is 0 Å². The Balaban J connectivity index is 1.80. The molecule has 1 amide bonds. The van der Waals surface area contributed by atoms with E-state index in [4.69, 9.17) is 9.47 Å². The van der Waals surface area contributed by atoms with Gasteiger partial charge >= 0.3 is 12.1 Å². The molecule has 148 valence electrons. The van der Waals surface area contributed by atoms with Crippen LogP contribution >= 0.6 is 15.9 Å². The molecule has 0 spiro atoms. The second-order valence-corrected chi connectivity index (χ2v) is 7.50. The van der Waals surface area contributed by atoms with E-state index in [0.717, 1.165) is 29.3 Å². The monoisotopic (exact) mass is 445 g/mol. The van der Waals surface area contributed by atoms with Crippen LogP contribution < -0.4 is 0 Å². The Morgan fingerprint density at radius 2 is 1.75 bits per heavy atom. The van der Waals surface area contributed by atoms with E-state index in [0.29, 0.717) is 6.42 Å². The van der Waals surface area contributed by atoms with Crippen LogP contribution in [-0.4, -0.2) is 34.9 Å². The molecule has 0 unspecified atom stereocenters. The Labute approximate surface area is 173 Å². The lowest BCUT2D eigenvalue weighted by molar-refractivity contribution is -0.161. The average molecular weight is 446 g/mol. The summed E-state index contributed by atoms with van der Waals surface area (Å²) >= 11 is 3.41. The predicted molar refractivity (Wildman–Crippen MR) is 110 cm³/mol. The molecule has 1 aliphatic heterocycles. The molecule has 0 radical (unpaired) electrons. The number of hydrogen-bond acceptors (Lipinski definition) is 4. The number of alkyl halides is 1. The van der Waals surface area contributed by atoms with Gasteiger partial charge in [0, 0.05) is 5.33 Å². The summed E-state index contributed by atoms with van der Waals surface area (Å²) in [5.41, 5.74) is 1.83. The highest BCUT2D eigenvalue weighted by atomic mass is 79.9. The van der Waals surface area contributed by atoms with Crippen molar-refractivity contribution in [2.75, 3.05) is 11.9 Å². The minimum Gasteiger partial charge on any atom is -0.462 e. The van der Waals surface area contributed by atoms with Crippen LogP contribution in [0.2, 0.25) is 0 Å². The quantitative estimate of drug-likeness (QED) is 0.347. The number of esters is 1. The largest absolute Gasteiger partial charge is 0.462 e. The molecular formula is C22H24BrNO4. The number of cyclic esters (lactones) is 1. The van der Waals surface area contributed by atoms with E-state index in [2.05, 4.69) is 15.9 Å². The topological polar surface area (TPSA) is 55.8 Å². The molecule has 0 saturated carbocycles. The highest BCUT2D eigenvalue weighted by Gasteiger charge is 2.42. The van der Waals surface area contributed by atoms with Crippen molar-refractivity contribution in [2.24, 2.45) is 0 Å². The highest BCUT2D eigenvalue weighted by Crippen LogP contribution is 2.31. The van der Waals surface area contributed by atoms with E-state index in [1.54, 1.807) is 4.90 Å². The fraction of sp³-hybridized carbons (Fsp3) is 0.364. The molecule has 28 heavy (non-hydrogen) atoms. The van der Waals surface area contributed by atoms with Crippen molar-refractivity contribution in [1.29, 1.82) is 0 Å². The van der Waals surface area contributed by atoms with Crippen LogP contribution in [0.3, 0.4) is 0 Å². The van der Waals surface area contributed by atoms with Gasteiger partial charge in [0.1, 0.15) is 19.3 Å². The zero-order valence-corrected chi connectivity index (χ0v) is 17.2. The normalized spacial score (nSPS) is 19.2. The number of carbonyl (C=O) groups is 2. The van der Waals surface area contributed by atoms with Gasteiger partial charge in [-0.2, -0.15) is 0 Å². The van der Waals surface area contributed by atoms with Gasteiger partial charge in [0.15, 0.2) is 0 Å². The van der Waals surface area contributed by atoms with Crippen molar-refractivity contribution in [3.8, 4) is 0 Å². The lowest BCUT2D eigenvalue weighted by atomic mass is 9.99. The maximum absolute atomic E-state index is 13.0. The van der Waals surface area contributed by atoms with Gasteiger partial charge in [-0.25, -0.2) is 9.59 Å². The van der Waals surface area contributed by atoms with Crippen molar-refractivity contribution >= 4 is 28.0 Å². The van der Waals surface area contributed by atoms with Gasteiger partial charge < -0.3 is 9.47 Å². The van der Waals surface area contributed by atoms with E-state index >= 15 is 0 Å². The fourth-order valence-corrected chi connectivity index (χ4v) is 3.73. The maximum atomic E-state index is 13.0. The zero-order chi connectivity index (χ0) is 19.8. The molecule has 1 fully saturated rings. The number of rotatable bonds is 7. The molecular weight excluding hydrogens is 422 g/mol. The van der Waals surface area contributed by atoms with Gasteiger partial charge in [0.25, 0.3) is 0 Å². The first kappa shape index (κ1) is 20.4. The number of morpholine rings is 1. The Morgan fingerprint density at radius 1 is 1.07 bits per heavy atom. The standard InChI is InChI=1S/C22H24BrNO4/c23-14-8-7-13-19-21(25)27-16-20(18-11-5-2-6-12-18)24(19)22(26)28-15-17-9-3-1-4-10-17/h1-6,9-12,19-20H,7-8,13-16H2/t19-,20+/m0/s1. The van der Waals surface area contributed by atoms with Crippen LogP contribution in [0.25, 0.3) is 0 Å². The molecule has 1 aliphatic rings. The third kappa shape index (κ3) is 5.13. The van der Waals surface area contributed by atoms with Gasteiger partial charge in [-0.15, -0.1) is 0 Å². The van der Waals surface area contributed by atoms with Crippen LogP contribution in [0, 0.1) is 0 Å². The molecule has 2 atom stereocenters. The van der Waals surface area contributed by atoms with Crippen LogP contribution in [0.1, 0.15) is 36.4 Å². The fourth-order valence-electron chi connectivity index (χ4n) is 3.34. The Kier molecular flexibility index (Phi) is 7.48. The van der Waals surface area contributed by atoms with E-state index < -0.39 is 12.1 Å². The lowest BCUT2D eigenvalue weighted by Gasteiger charge is -2.40. The molecule has 3 rings (SSSR count). The van der Waals surface area contributed by atoms with E-state index in [1.165, 1.54) is 0 Å². The minimum absolute atomic E-state index is 0.137. The number of ether oxygens (including phenoxy) is 2. The van der Waals surface area contributed by atoms with Crippen molar-refractivity contribution in [2.45, 2.75) is 38.0 Å². The summed E-state index contributed by atoms with van der Waals surface area (Å²) in [6, 6.07) is 18.2. The van der Waals surface area contributed by atoms with Crippen molar-refractivity contribution < 1.29 is 19.1 Å². The number of carbonyl (C=O) groups excluding carboxylic acids is 2. The predicted octanol–water partition coefficient (Wildman–Crippen LogP) is 4.86. The maximum Gasteiger partial charge on any atom is 0.411 e. The molecule has 0 N–H and O–H groups in total. The van der Waals surface area contributed by atoms with Gasteiger partial charge in [0.2, 0.25) is 0 Å². The molecule has 1 saturated heterocycles. The van der Waals surface area contributed by atoms with Crippen LogP contribution in [0.5, 0.6) is 0 Å². The van der Waals surface area contributed by atoms with Crippen LogP contribution in [-0.2, 0) is 20.9 Å². The summed E-state index contributed by atoms with van der Waals surface area (Å²) in [7, 11) is 0. The van der Waals surface area contributed by atoms with E-state index in [9.17, 15) is 9.59 Å². The number of benzene rings is 2. The molecule has 0 aliphatic carbocycles. The number of unbranched alkanes of at least 4 members (excludes halogenated alkanes) is 1. The SMILES string of the molecule is O=C1OC[C@H](c2ccccc2)N(C(=O)OCc2ccccc2)[C@H]1CCCCBr.